The smallest absolute Gasteiger partial charge is 0.264 e. The van der Waals surface area contributed by atoms with E-state index in [0.717, 1.165) is 54.9 Å². The van der Waals surface area contributed by atoms with Crippen molar-refractivity contribution in [2.75, 3.05) is 39.8 Å². The second-order valence-electron chi connectivity index (χ2n) is 7.24. The number of thioether (sulfide) groups is 1. The van der Waals surface area contributed by atoms with Crippen molar-refractivity contribution in [1.29, 1.82) is 0 Å². The molecule has 28 heavy (non-hydrogen) atoms. The second kappa shape index (κ2) is 8.23. The van der Waals surface area contributed by atoms with E-state index in [2.05, 4.69) is 39.1 Å². The zero-order valence-corrected chi connectivity index (χ0v) is 17.5. The van der Waals surface area contributed by atoms with Crippen molar-refractivity contribution in [3.8, 4) is 5.75 Å². The van der Waals surface area contributed by atoms with E-state index in [1.807, 2.05) is 26.0 Å². The minimum atomic E-state index is -0.234. The predicted octanol–water partition coefficient (Wildman–Crippen LogP) is 2.34. The maximum atomic E-state index is 13.2. The molecule has 0 radical (unpaired) electrons. The van der Waals surface area contributed by atoms with Crippen molar-refractivity contribution < 1.29 is 9.53 Å². The summed E-state index contributed by atoms with van der Waals surface area (Å²) in [5, 5.41) is 4.89. The summed E-state index contributed by atoms with van der Waals surface area (Å²) < 4.78 is 7.10. The molecule has 3 heterocycles. The molecule has 2 atom stereocenters. The van der Waals surface area contributed by atoms with Gasteiger partial charge in [-0.15, -0.1) is 5.10 Å². The first-order valence-corrected chi connectivity index (χ1v) is 10.8. The number of ether oxygens (including phenoxy) is 1. The lowest BCUT2D eigenvalue weighted by atomic mass is 10.00. The molecule has 0 N–H and O–H groups in total. The number of fused-ring (bicyclic) bond motifs is 1. The molecule has 1 aromatic heterocycles. The number of nitrogens with zero attached hydrogens (tertiary/aromatic N) is 5. The summed E-state index contributed by atoms with van der Waals surface area (Å²) in [5.74, 6) is 1.62. The third kappa shape index (κ3) is 3.68. The molecule has 8 heteroatoms. The van der Waals surface area contributed by atoms with Gasteiger partial charge in [0.2, 0.25) is 0 Å². The summed E-state index contributed by atoms with van der Waals surface area (Å²) in [5.41, 5.74) is 1.14. The molecule has 4 rings (SSSR count). The molecule has 1 fully saturated rings. The van der Waals surface area contributed by atoms with E-state index in [-0.39, 0.29) is 17.2 Å². The molecule has 7 nitrogen and oxygen atoms in total. The van der Waals surface area contributed by atoms with Gasteiger partial charge in [-0.2, -0.15) is 4.68 Å². The average molecular weight is 402 g/mol. The maximum Gasteiger partial charge on any atom is 0.264 e. The van der Waals surface area contributed by atoms with E-state index in [9.17, 15) is 4.79 Å². The Bertz CT molecular complexity index is 830. The number of likely N-dealkylation sites (N-methyl/N-ethyl adjacent to an activating group) is 1. The van der Waals surface area contributed by atoms with Crippen molar-refractivity contribution in [2.45, 2.75) is 36.7 Å². The van der Waals surface area contributed by atoms with Gasteiger partial charge in [0, 0.05) is 32.6 Å². The van der Waals surface area contributed by atoms with Crippen molar-refractivity contribution in [2.24, 2.45) is 0 Å². The highest BCUT2D eigenvalue weighted by Gasteiger charge is 2.43. The first-order chi connectivity index (χ1) is 13.6. The van der Waals surface area contributed by atoms with Crippen LogP contribution in [0.5, 0.6) is 5.75 Å². The number of hydrogen-bond acceptors (Lipinski definition) is 7. The number of aryl methyl sites for hydroxylation is 1. The standard InChI is InChI=1S/C20H27N5O2S/c1-4-16-21-20-25(22-16)19(26)18(28-20)17(24-12-10-23(3)11-13-24)14-6-8-15(9-7-14)27-5-2/h6-9,17-18H,4-5,10-13H2,1-3H3. The Balaban J connectivity index is 1.63. The molecule has 0 bridgehead atoms. The molecule has 2 unspecified atom stereocenters. The van der Waals surface area contributed by atoms with Crippen molar-refractivity contribution in [3.63, 3.8) is 0 Å². The summed E-state index contributed by atoms with van der Waals surface area (Å²) in [6.45, 7) is 8.51. The van der Waals surface area contributed by atoms with Gasteiger partial charge in [0.1, 0.15) is 11.0 Å². The van der Waals surface area contributed by atoms with Crippen LogP contribution >= 0.6 is 11.8 Å². The van der Waals surface area contributed by atoms with Crippen LogP contribution in [0.1, 0.15) is 36.1 Å². The number of rotatable bonds is 6. The lowest BCUT2D eigenvalue weighted by Crippen LogP contribution is -2.49. The quantitative estimate of drug-likeness (QED) is 0.736. The van der Waals surface area contributed by atoms with Crippen LogP contribution < -0.4 is 4.74 Å². The SMILES string of the molecule is CCOc1ccc(C(C2Sc3nc(CC)nn3C2=O)N2CCN(C)CC2)cc1. The Morgan fingerprint density at radius 1 is 1.18 bits per heavy atom. The van der Waals surface area contributed by atoms with Crippen LogP contribution in [-0.2, 0) is 6.42 Å². The molecule has 0 saturated carbocycles. The van der Waals surface area contributed by atoms with Gasteiger partial charge in [0.15, 0.2) is 11.0 Å². The molecule has 150 valence electrons. The van der Waals surface area contributed by atoms with E-state index in [4.69, 9.17) is 4.74 Å². The van der Waals surface area contributed by atoms with Crippen molar-refractivity contribution in [3.05, 3.63) is 35.7 Å². The molecule has 0 aliphatic carbocycles. The van der Waals surface area contributed by atoms with Gasteiger partial charge >= 0.3 is 0 Å². The van der Waals surface area contributed by atoms with Gasteiger partial charge < -0.3 is 9.64 Å². The normalized spacial score (nSPS) is 21.7. The lowest BCUT2D eigenvalue weighted by molar-refractivity contribution is 0.0766. The minimum Gasteiger partial charge on any atom is -0.494 e. The Hall–Kier alpha value is -1.90. The van der Waals surface area contributed by atoms with Gasteiger partial charge in [-0.3, -0.25) is 9.69 Å². The summed E-state index contributed by atoms with van der Waals surface area (Å²) in [4.78, 5) is 22.5. The molecule has 1 aromatic carbocycles. The van der Waals surface area contributed by atoms with E-state index in [0.29, 0.717) is 6.61 Å². The number of carbonyl (C=O) groups is 1. The van der Waals surface area contributed by atoms with E-state index in [1.54, 1.807) is 11.8 Å². The molecular weight excluding hydrogens is 374 g/mol. The predicted molar refractivity (Wildman–Crippen MR) is 109 cm³/mol. The number of aromatic nitrogens is 3. The van der Waals surface area contributed by atoms with Crippen molar-refractivity contribution >= 4 is 17.7 Å². The van der Waals surface area contributed by atoms with Gasteiger partial charge in [-0.1, -0.05) is 30.8 Å². The van der Waals surface area contributed by atoms with Crippen LogP contribution in [0.4, 0.5) is 0 Å². The van der Waals surface area contributed by atoms with Crippen LogP contribution in [0.25, 0.3) is 0 Å². The van der Waals surface area contributed by atoms with Crippen molar-refractivity contribution in [1.82, 2.24) is 24.6 Å². The van der Waals surface area contributed by atoms with Gasteiger partial charge in [0.25, 0.3) is 5.91 Å². The van der Waals surface area contributed by atoms with Crippen LogP contribution in [0.3, 0.4) is 0 Å². The highest BCUT2D eigenvalue weighted by Crippen LogP contribution is 2.41. The molecule has 2 aliphatic heterocycles. The van der Waals surface area contributed by atoms with E-state index in [1.165, 1.54) is 4.68 Å². The summed E-state index contributed by atoms with van der Waals surface area (Å²) in [6.07, 6.45) is 0.735. The minimum absolute atomic E-state index is 0.00421. The summed E-state index contributed by atoms with van der Waals surface area (Å²) in [6, 6.07) is 8.17. The largest absolute Gasteiger partial charge is 0.494 e. The van der Waals surface area contributed by atoms with Gasteiger partial charge in [-0.05, 0) is 31.7 Å². The zero-order valence-electron chi connectivity index (χ0n) is 16.7. The fourth-order valence-corrected chi connectivity index (χ4v) is 5.07. The summed E-state index contributed by atoms with van der Waals surface area (Å²) >= 11 is 1.55. The molecule has 0 spiro atoms. The Morgan fingerprint density at radius 3 is 2.50 bits per heavy atom. The molecule has 2 aliphatic rings. The van der Waals surface area contributed by atoms with Gasteiger partial charge in [0.05, 0.1) is 12.6 Å². The highest BCUT2D eigenvalue weighted by molar-refractivity contribution is 8.00. The Kier molecular flexibility index (Phi) is 5.70. The third-order valence-corrected chi connectivity index (χ3v) is 6.56. The van der Waals surface area contributed by atoms with E-state index >= 15 is 0 Å². The zero-order chi connectivity index (χ0) is 19.7. The van der Waals surface area contributed by atoms with Crippen LogP contribution in [0.15, 0.2) is 29.4 Å². The first-order valence-electron chi connectivity index (χ1n) is 9.92. The number of carbonyl (C=O) groups excluding carboxylic acids is 1. The molecule has 0 amide bonds. The fourth-order valence-electron chi connectivity index (χ4n) is 3.80. The molecule has 1 saturated heterocycles. The molecule has 2 aromatic rings. The first kappa shape index (κ1) is 19.4. The second-order valence-corrected chi connectivity index (χ2v) is 8.35. The van der Waals surface area contributed by atoms with Gasteiger partial charge in [-0.25, -0.2) is 4.98 Å². The molecular formula is C20H27N5O2S. The number of benzene rings is 1. The fraction of sp³-hybridized carbons (Fsp3) is 0.550. The average Bonchev–Trinajstić information content (AvgIpc) is 3.24. The van der Waals surface area contributed by atoms with Crippen LogP contribution in [0.2, 0.25) is 0 Å². The monoisotopic (exact) mass is 401 g/mol. The van der Waals surface area contributed by atoms with E-state index < -0.39 is 0 Å². The summed E-state index contributed by atoms with van der Waals surface area (Å²) in [7, 11) is 2.14. The maximum absolute atomic E-state index is 13.2. The topological polar surface area (TPSA) is 63.5 Å². The Labute approximate surface area is 170 Å². The number of piperazine rings is 1. The highest BCUT2D eigenvalue weighted by atomic mass is 32.2. The van der Waals surface area contributed by atoms with Crippen LogP contribution in [0, 0.1) is 0 Å². The number of hydrogen-bond donors (Lipinski definition) is 0. The third-order valence-electron chi connectivity index (χ3n) is 5.37. The van der Waals surface area contributed by atoms with Crippen LogP contribution in [-0.4, -0.2) is 75.6 Å². The lowest BCUT2D eigenvalue weighted by Gasteiger charge is -2.39. The Morgan fingerprint density at radius 2 is 1.89 bits per heavy atom.